The van der Waals surface area contributed by atoms with E-state index in [0.29, 0.717) is 0 Å². The predicted molar refractivity (Wildman–Crippen MR) is 98.4 cm³/mol. The van der Waals surface area contributed by atoms with Crippen LogP contribution < -0.4 is 0 Å². The molecular formula is C19H15BrF5NO2. The van der Waals surface area contributed by atoms with E-state index in [1.165, 1.54) is 43.3 Å². The number of hydrogen-bond acceptors (Lipinski definition) is 3. The molecule has 0 amide bonds. The number of aromatic nitrogens is 1. The van der Waals surface area contributed by atoms with Crippen molar-refractivity contribution in [3.8, 4) is 11.1 Å². The van der Waals surface area contributed by atoms with Crippen molar-refractivity contribution in [3.05, 3.63) is 58.9 Å². The lowest BCUT2D eigenvalue weighted by atomic mass is 9.91. The Bertz CT molecular complexity index is 867. The Kier molecular flexibility index (Phi) is 7.29. The van der Waals surface area contributed by atoms with Crippen molar-refractivity contribution in [2.24, 2.45) is 0 Å². The first kappa shape index (κ1) is 22.0. The minimum Gasteiger partial charge on any atom is -0.462 e. The van der Waals surface area contributed by atoms with Crippen molar-refractivity contribution in [1.82, 2.24) is 4.98 Å². The van der Waals surface area contributed by atoms with Gasteiger partial charge in [0.2, 0.25) is 0 Å². The molecule has 0 fully saturated rings. The number of pyridine rings is 1. The van der Waals surface area contributed by atoms with Gasteiger partial charge in [-0.3, -0.25) is 0 Å². The Labute approximate surface area is 166 Å². The van der Waals surface area contributed by atoms with Gasteiger partial charge >= 0.3 is 12.1 Å². The van der Waals surface area contributed by atoms with Crippen molar-refractivity contribution < 1.29 is 31.5 Å². The summed E-state index contributed by atoms with van der Waals surface area (Å²) >= 11 is 3.10. The van der Waals surface area contributed by atoms with Crippen molar-refractivity contribution in [3.63, 3.8) is 0 Å². The van der Waals surface area contributed by atoms with Crippen LogP contribution in [0.2, 0.25) is 0 Å². The zero-order chi connectivity index (χ0) is 20.9. The summed E-state index contributed by atoms with van der Waals surface area (Å²) in [7, 11) is 0. The van der Waals surface area contributed by atoms with Gasteiger partial charge in [0, 0.05) is 16.5 Å². The van der Waals surface area contributed by atoms with E-state index in [2.05, 4.69) is 20.9 Å². The van der Waals surface area contributed by atoms with Gasteiger partial charge in [0.15, 0.2) is 5.69 Å². The minimum absolute atomic E-state index is 0.162. The van der Waals surface area contributed by atoms with Crippen LogP contribution in [0.15, 0.2) is 36.4 Å². The SMILES string of the molecule is CCOC(=O)c1c(C(F)(F)F)nc(C(F)F)c(/C=C/CBr)c1-c1ccccc1. The first-order valence-electron chi connectivity index (χ1n) is 8.10. The quantitative estimate of drug-likeness (QED) is 0.287. The van der Waals surface area contributed by atoms with Crippen molar-refractivity contribution >= 4 is 28.0 Å². The zero-order valence-electron chi connectivity index (χ0n) is 14.6. The highest BCUT2D eigenvalue weighted by Gasteiger charge is 2.42. The monoisotopic (exact) mass is 463 g/mol. The second-order valence-electron chi connectivity index (χ2n) is 5.45. The smallest absolute Gasteiger partial charge is 0.434 e. The number of hydrogen-bond donors (Lipinski definition) is 0. The topological polar surface area (TPSA) is 39.2 Å². The fraction of sp³-hybridized carbons (Fsp3) is 0.263. The molecule has 0 bridgehead atoms. The molecule has 9 heteroatoms. The summed E-state index contributed by atoms with van der Waals surface area (Å²) in [5, 5.41) is 0.264. The molecule has 0 aliphatic rings. The summed E-state index contributed by atoms with van der Waals surface area (Å²) in [5.41, 5.74) is -4.05. The molecule has 0 aliphatic carbocycles. The maximum Gasteiger partial charge on any atom is 0.434 e. The third-order valence-corrected chi connectivity index (χ3v) is 4.03. The first-order valence-corrected chi connectivity index (χ1v) is 9.22. The number of carbonyl (C=O) groups excluding carboxylic acids is 1. The van der Waals surface area contributed by atoms with Gasteiger partial charge < -0.3 is 4.74 Å². The number of alkyl halides is 6. The van der Waals surface area contributed by atoms with Crippen LogP contribution in [0.4, 0.5) is 22.0 Å². The van der Waals surface area contributed by atoms with Gasteiger partial charge in [-0.2, -0.15) is 13.2 Å². The van der Waals surface area contributed by atoms with E-state index in [1.807, 2.05) is 0 Å². The van der Waals surface area contributed by atoms with Crippen LogP contribution in [0.3, 0.4) is 0 Å². The molecule has 1 aromatic carbocycles. The zero-order valence-corrected chi connectivity index (χ0v) is 16.2. The number of allylic oxidation sites excluding steroid dienone is 1. The summed E-state index contributed by atoms with van der Waals surface area (Å²) in [5.74, 6) is -1.28. The maximum absolute atomic E-state index is 13.6. The lowest BCUT2D eigenvalue weighted by molar-refractivity contribution is -0.142. The number of esters is 1. The third kappa shape index (κ3) is 4.76. The number of halogens is 6. The van der Waals surface area contributed by atoms with Crippen molar-refractivity contribution in [2.75, 3.05) is 11.9 Å². The van der Waals surface area contributed by atoms with Gasteiger partial charge in [0.05, 0.1) is 12.2 Å². The average molecular weight is 464 g/mol. The van der Waals surface area contributed by atoms with E-state index in [0.717, 1.165) is 0 Å². The van der Waals surface area contributed by atoms with Crippen LogP contribution in [0.5, 0.6) is 0 Å². The Morgan fingerprint density at radius 2 is 1.89 bits per heavy atom. The van der Waals surface area contributed by atoms with Gasteiger partial charge in [-0.05, 0) is 12.5 Å². The molecule has 0 atom stereocenters. The van der Waals surface area contributed by atoms with E-state index < -0.39 is 35.5 Å². The summed E-state index contributed by atoms with van der Waals surface area (Å²) < 4.78 is 72.9. The highest BCUT2D eigenvalue weighted by molar-refractivity contribution is 9.09. The standard InChI is InChI=1S/C19H15BrF5NO2/c1-2-28-18(27)14-13(11-7-4-3-5-8-11)12(9-6-10-20)15(17(21)22)26-16(14)19(23,24)25/h3-9,17H,2,10H2,1H3/b9-6+. The summed E-state index contributed by atoms with van der Waals surface area (Å²) in [4.78, 5) is 15.6. The molecule has 0 radical (unpaired) electrons. The molecule has 0 aliphatic heterocycles. The fourth-order valence-electron chi connectivity index (χ4n) is 2.63. The number of carbonyl (C=O) groups is 1. The molecule has 0 N–H and O–H groups in total. The third-order valence-electron chi connectivity index (χ3n) is 3.66. The molecule has 1 aromatic heterocycles. The number of rotatable bonds is 6. The number of nitrogens with zero attached hydrogens (tertiary/aromatic N) is 1. The summed E-state index contributed by atoms with van der Waals surface area (Å²) in [6.45, 7) is 1.24. The van der Waals surface area contributed by atoms with E-state index in [-0.39, 0.29) is 28.6 Å². The average Bonchev–Trinajstić information content (AvgIpc) is 2.65. The van der Waals surface area contributed by atoms with Gasteiger partial charge in [-0.1, -0.05) is 58.4 Å². The van der Waals surface area contributed by atoms with Crippen molar-refractivity contribution in [1.29, 1.82) is 0 Å². The molecule has 150 valence electrons. The van der Waals surface area contributed by atoms with E-state index in [1.54, 1.807) is 6.07 Å². The highest BCUT2D eigenvalue weighted by Crippen LogP contribution is 2.41. The normalized spacial score (nSPS) is 12.0. The number of benzene rings is 1. The molecule has 28 heavy (non-hydrogen) atoms. The van der Waals surface area contributed by atoms with Gasteiger partial charge in [-0.25, -0.2) is 18.6 Å². The fourth-order valence-corrected chi connectivity index (χ4v) is 2.81. The van der Waals surface area contributed by atoms with Crippen LogP contribution in [-0.2, 0) is 10.9 Å². The maximum atomic E-state index is 13.6. The molecule has 0 spiro atoms. The van der Waals surface area contributed by atoms with Gasteiger partial charge in [0.25, 0.3) is 6.43 Å². The summed E-state index contributed by atoms with van der Waals surface area (Å²) in [6, 6.07) is 7.52. The second-order valence-corrected chi connectivity index (χ2v) is 6.10. The predicted octanol–water partition coefficient (Wildman–Crippen LogP) is 6.29. The Balaban J connectivity index is 3.05. The molecule has 3 nitrogen and oxygen atoms in total. The van der Waals surface area contributed by atoms with Crippen LogP contribution in [0, 0.1) is 0 Å². The van der Waals surface area contributed by atoms with Crippen LogP contribution >= 0.6 is 15.9 Å². The Hall–Kier alpha value is -2.29. The molecule has 0 saturated heterocycles. The molecule has 2 rings (SSSR count). The first-order chi connectivity index (χ1) is 13.2. The Morgan fingerprint density at radius 3 is 2.39 bits per heavy atom. The van der Waals surface area contributed by atoms with E-state index >= 15 is 0 Å². The van der Waals surface area contributed by atoms with Crippen LogP contribution in [0.25, 0.3) is 17.2 Å². The van der Waals surface area contributed by atoms with Crippen LogP contribution in [-0.4, -0.2) is 22.9 Å². The molecule has 0 saturated carbocycles. The molecule has 2 aromatic rings. The van der Waals surface area contributed by atoms with E-state index in [4.69, 9.17) is 4.74 Å². The molecule has 1 heterocycles. The van der Waals surface area contributed by atoms with Gasteiger partial charge in [0.1, 0.15) is 5.69 Å². The van der Waals surface area contributed by atoms with Crippen LogP contribution in [0.1, 0.15) is 40.7 Å². The van der Waals surface area contributed by atoms with E-state index in [9.17, 15) is 26.7 Å². The Morgan fingerprint density at radius 1 is 1.25 bits per heavy atom. The minimum atomic E-state index is -5.13. The lowest BCUT2D eigenvalue weighted by Gasteiger charge is -2.20. The van der Waals surface area contributed by atoms with Gasteiger partial charge in [-0.15, -0.1) is 0 Å². The number of ether oxygens (including phenoxy) is 1. The highest BCUT2D eigenvalue weighted by atomic mass is 79.9. The molecule has 0 unspecified atom stereocenters. The van der Waals surface area contributed by atoms with Crippen molar-refractivity contribution in [2.45, 2.75) is 19.5 Å². The second kappa shape index (κ2) is 9.27. The lowest BCUT2D eigenvalue weighted by Crippen LogP contribution is -2.21. The largest absolute Gasteiger partial charge is 0.462 e. The molecular weight excluding hydrogens is 449 g/mol. The summed E-state index contributed by atoms with van der Waals surface area (Å²) in [6.07, 6.45) is -5.77.